The minimum absolute atomic E-state index is 0. The fourth-order valence-electron chi connectivity index (χ4n) is 0.0536. The summed E-state index contributed by atoms with van der Waals surface area (Å²) in [5.74, 6) is -2.84. The molecule has 0 heterocycles. The molecule has 0 aliphatic rings. The largest absolute Gasteiger partial charge is 2.00 e. The van der Waals surface area contributed by atoms with E-state index in [1.54, 1.807) is 0 Å². The number of allylic oxidation sites excluding steroid dienone is 1. The molecule has 0 bridgehead atoms. The van der Waals surface area contributed by atoms with Gasteiger partial charge in [0.2, 0.25) is 0 Å². The van der Waals surface area contributed by atoms with Gasteiger partial charge in [0, 0.05) is 0 Å². The maximum atomic E-state index is 10.9. The molecular weight excluding hydrogens is 323 g/mol. The molecule has 10 heavy (non-hydrogen) atoms. The first-order valence-electron chi connectivity index (χ1n) is 1.44. The fourth-order valence-corrected chi connectivity index (χ4v) is 0.0536. The van der Waals surface area contributed by atoms with Gasteiger partial charge in [0.1, 0.15) is 0 Å². The summed E-state index contributed by atoms with van der Waals surface area (Å²) in [6.45, 7) is 0. The minimum atomic E-state index is -5.23. The summed E-state index contributed by atoms with van der Waals surface area (Å²) in [6, 6.07) is 0. The number of alkyl halides is 3. The number of hydrogen-bond donors (Lipinski definition) is 0. The van der Waals surface area contributed by atoms with Crippen LogP contribution >= 0.6 is 0 Å². The van der Waals surface area contributed by atoms with Crippen molar-refractivity contribution in [2.75, 3.05) is 0 Å². The third-order valence-electron chi connectivity index (χ3n) is 0.332. The number of rotatable bonds is 0. The summed E-state index contributed by atoms with van der Waals surface area (Å²) in [5, 5.41) is 0. The van der Waals surface area contributed by atoms with Crippen molar-refractivity contribution in [2.24, 2.45) is 0 Å². The Morgan fingerprint density at radius 3 is 1.50 bits per heavy atom. The van der Waals surface area contributed by atoms with Gasteiger partial charge in [0.05, 0.1) is 5.83 Å². The van der Waals surface area contributed by atoms with E-state index in [0.717, 1.165) is 0 Å². The van der Waals surface area contributed by atoms with E-state index in [0.29, 0.717) is 0 Å². The van der Waals surface area contributed by atoms with Crippen LogP contribution in [0.15, 0.2) is 5.83 Å². The molecule has 0 spiro atoms. The standard InChI is InChI=1S/C3F5.HI.Zn/c4-1-2(5)3(6,7)8;;/h;1H;/q-1;;+2/p-1. The smallest absolute Gasteiger partial charge is 1.00 e. The summed E-state index contributed by atoms with van der Waals surface area (Å²) < 4.78 is 53.6. The Balaban J connectivity index is -0.000000245. The Hall–Kier alpha value is 0.743. The minimum Gasteiger partial charge on any atom is -1.00 e. The van der Waals surface area contributed by atoms with Gasteiger partial charge in [-0.3, -0.25) is 6.33 Å². The molecule has 0 unspecified atom stereocenters. The molecule has 0 aromatic rings. The maximum Gasteiger partial charge on any atom is 2.00 e. The molecule has 0 N–H and O–H groups in total. The van der Waals surface area contributed by atoms with Crippen molar-refractivity contribution in [1.82, 2.24) is 0 Å². The van der Waals surface area contributed by atoms with E-state index in [-0.39, 0.29) is 49.8 Å². The molecule has 7 heteroatoms. The van der Waals surface area contributed by atoms with Gasteiger partial charge in [-0.2, -0.15) is 13.2 Å². The predicted octanol–water partition coefficient (Wildman–Crippen LogP) is -0.866. The van der Waals surface area contributed by atoms with Crippen LogP contribution in [0.25, 0.3) is 0 Å². The molecule has 0 aromatic carbocycles. The second kappa shape index (κ2) is 6.45. The Kier molecular flexibility index (Phi) is 11.0. The van der Waals surface area contributed by atoms with Crippen LogP contribution in [0.5, 0.6) is 0 Å². The van der Waals surface area contributed by atoms with Crippen LogP contribution < -0.4 is 24.0 Å². The van der Waals surface area contributed by atoms with Crippen LogP contribution in [0.4, 0.5) is 22.0 Å². The van der Waals surface area contributed by atoms with Crippen LogP contribution in [0.1, 0.15) is 0 Å². The van der Waals surface area contributed by atoms with E-state index in [1.165, 1.54) is 0 Å². The summed E-state index contributed by atoms with van der Waals surface area (Å²) in [4.78, 5) is 0. The molecule has 56 valence electrons. The predicted molar refractivity (Wildman–Crippen MR) is 15.0 cm³/mol. The van der Waals surface area contributed by atoms with Gasteiger partial charge in [-0.25, -0.2) is 4.39 Å². The summed E-state index contributed by atoms with van der Waals surface area (Å²) in [5.41, 5.74) is 0. The molecular formula is C3F5IZn. The quantitative estimate of drug-likeness (QED) is 0.235. The topological polar surface area (TPSA) is 0 Å². The van der Waals surface area contributed by atoms with Gasteiger partial charge in [-0.05, 0) is 0 Å². The monoisotopic (exact) mass is 322 g/mol. The Morgan fingerprint density at radius 2 is 1.50 bits per heavy atom. The van der Waals surface area contributed by atoms with Crippen LogP contribution in [-0.2, 0) is 19.5 Å². The van der Waals surface area contributed by atoms with E-state index in [9.17, 15) is 22.0 Å². The molecule has 0 aromatic heterocycles. The Bertz CT molecular complexity index is 108. The molecule has 0 atom stereocenters. The van der Waals surface area contributed by atoms with E-state index >= 15 is 0 Å². The van der Waals surface area contributed by atoms with Crippen molar-refractivity contribution >= 4 is 0 Å². The van der Waals surface area contributed by atoms with Gasteiger partial charge in [0.25, 0.3) is 0 Å². The van der Waals surface area contributed by atoms with E-state index in [4.69, 9.17) is 0 Å². The van der Waals surface area contributed by atoms with Crippen LogP contribution in [0, 0.1) is 6.33 Å². The third kappa shape index (κ3) is 6.86. The zero-order valence-corrected chi connectivity index (χ0v) is 9.60. The molecule has 0 nitrogen and oxygen atoms in total. The average molecular weight is 323 g/mol. The molecule has 0 aliphatic heterocycles. The first kappa shape index (κ1) is 17.0. The molecule has 0 rings (SSSR count). The molecule has 0 radical (unpaired) electrons. The maximum absolute atomic E-state index is 10.9. The van der Waals surface area contributed by atoms with Gasteiger partial charge >= 0.3 is 25.7 Å². The van der Waals surface area contributed by atoms with Crippen molar-refractivity contribution in [3.05, 3.63) is 12.2 Å². The van der Waals surface area contributed by atoms with Gasteiger partial charge in [-0.15, -0.1) is 0 Å². The summed E-state index contributed by atoms with van der Waals surface area (Å²) >= 11 is 0. The Morgan fingerprint density at radius 1 is 1.20 bits per heavy atom. The van der Waals surface area contributed by atoms with Crippen molar-refractivity contribution in [2.45, 2.75) is 6.18 Å². The van der Waals surface area contributed by atoms with Gasteiger partial charge in [-0.1, -0.05) is 0 Å². The van der Waals surface area contributed by atoms with Crippen molar-refractivity contribution < 1.29 is 65.4 Å². The van der Waals surface area contributed by atoms with Gasteiger partial charge in [0.15, 0.2) is 0 Å². The normalized spacial score (nSPS) is 11.5. The third-order valence-corrected chi connectivity index (χ3v) is 0.332. The average Bonchev–Trinajstić information content (AvgIpc) is 1.62. The zero-order valence-electron chi connectivity index (χ0n) is 4.47. The molecule has 0 amide bonds. The first-order valence-corrected chi connectivity index (χ1v) is 1.44. The second-order valence-electron chi connectivity index (χ2n) is 0.906. The molecule has 0 saturated carbocycles. The first-order chi connectivity index (χ1) is 3.48. The molecule has 0 aliphatic carbocycles. The number of halogens is 6. The van der Waals surface area contributed by atoms with E-state index in [1.807, 2.05) is 0 Å². The molecule has 0 fully saturated rings. The fraction of sp³-hybridized carbons (Fsp3) is 0.333. The van der Waals surface area contributed by atoms with E-state index in [2.05, 4.69) is 0 Å². The summed E-state index contributed by atoms with van der Waals surface area (Å²) in [6.07, 6.45) is -5.40. The van der Waals surface area contributed by atoms with Crippen molar-refractivity contribution in [1.29, 1.82) is 0 Å². The summed E-state index contributed by atoms with van der Waals surface area (Å²) in [7, 11) is 0. The number of hydrogen-bond acceptors (Lipinski definition) is 0. The van der Waals surface area contributed by atoms with Crippen LogP contribution in [0.3, 0.4) is 0 Å². The van der Waals surface area contributed by atoms with Crippen molar-refractivity contribution in [3.8, 4) is 0 Å². The van der Waals surface area contributed by atoms with Crippen LogP contribution in [0.2, 0.25) is 0 Å². The van der Waals surface area contributed by atoms with Gasteiger partial charge < -0.3 is 28.4 Å². The zero-order chi connectivity index (χ0) is 6.78. The van der Waals surface area contributed by atoms with E-state index < -0.39 is 12.0 Å². The molecule has 0 saturated heterocycles. The SMILES string of the molecule is F[C-]=C(F)C(F)(F)F.[I-].[Zn+2]. The van der Waals surface area contributed by atoms with Crippen LogP contribution in [-0.4, -0.2) is 6.18 Å². The Labute approximate surface area is 83.6 Å². The van der Waals surface area contributed by atoms with Crippen molar-refractivity contribution in [3.63, 3.8) is 0 Å². The second-order valence-corrected chi connectivity index (χ2v) is 0.906.